The average molecular weight is 651 g/mol. The first-order chi connectivity index (χ1) is 23.1. The molecule has 6 aromatic rings. The van der Waals surface area contributed by atoms with Crippen molar-refractivity contribution in [3.05, 3.63) is 107 Å². The standard InChI is InChI=1S/C37H33F3N6O2/c1-43(2)14-13-34(47)45-17-15-44(16-18-45)33-11-9-28(21-30(33)37(38,39)40)46-35(48)12-8-26-22-42-32-10-7-24(20-29(32)36(26)46)27-19-25-5-3-4-6-31(25)41-23-27/h3-12,19-23H,13-18H2,1-2H3. The lowest BCUT2D eigenvalue weighted by Gasteiger charge is -2.37. The largest absolute Gasteiger partial charge is 0.418 e. The zero-order valence-corrected chi connectivity index (χ0v) is 26.5. The van der Waals surface area contributed by atoms with Crippen molar-refractivity contribution in [2.75, 3.05) is 51.7 Å². The number of fused-ring (bicyclic) bond motifs is 4. The molecule has 0 aliphatic carbocycles. The Morgan fingerprint density at radius 2 is 1.58 bits per heavy atom. The van der Waals surface area contributed by atoms with Gasteiger partial charge in [0.25, 0.3) is 5.56 Å². The van der Waals surface area contributed by atoms with Gasteiger partial charge >= 0.3 is 6.18 Å². The van der Waals surface area contributed by atoms with Crippen LogP contribution >= 0.6 is 0 Å². The summed E-state index contributed by atoms with van der Waals surface area (Å²) < 4.78 is 45.4. The highest BCUT2D eigenvalue weighted by atomic mass is 19.4. The highest BCUT2D eigenvalue weighted by Gasteiger charge is 2.36. The summed E-state index contributed by atoms with van der Waals surface area (Å²) in [6, 6.07) is 22.5. The Bertz CT molecular complexity index is 2240. The van der Waals surface area contributed by atoms with Gasteiger partial charge in [-0.25, -0.2) is 0 Å². The van der Waals surface area contributed by atoms with Crippen LogP contribution in [-0.2, 0) is 11.0 Å². The molecule has 0 N–H and O–H groups in total. The first kappa shape index (κ1) is 31.3. The molecule has 0 atom stereocenters. The number of nitrogens with zero attached hydrogens (tertiary/aromatic N) is 6. The Kier molecular flexibility index (Phi) is 8.08. The van der Waals surface area contributed by atoms with Crippen molar-refractivity contribution in [3.63, 3.8) is 0 Å². The monoisotopic (exact) mass is 650 g/mol. The first-order valence-electron chi connectivity index (χ1n) is 15.8. The van der Waals surface area contributed by atoms with E-state index in [0.29, 0.717) is 47.9 Å². The van der Waals surface area contributed by atoms with Crippen LogP contribution in [0.3, 0.4) is 0 Å². The van der Waals surface area contributed by atoms with Crippen molar-refractivity contribution in [1.29, 1.82) is 0 Å². The molecular weight excluding hydrogens is 617 g/mol. The number of piperazine rings is 1. The van der Waals surface area contributed by atoms with E-state index in [9.17, 15) is 22.8 Å². The quantitative estimate of drug-likeness (QED) is 0.195. The third kappa shape index (κ3) is 5.97. The van der Waals surface area contributed by atoms with Gasteiger partial charge in [0, 0.05) is 85.0 Å². The van der Waals surface area contributed by atoms with Gasteiger partial charge in [0.2, 0.25) is 5.91 Å². The first-order valence-corrected chi connectivity index (χ1v) is 15.8. The Hall–Kier alpha value is -5.29. The maximum Gasteiger partial charge on any atom is 0.418 e. The van der Waals surface area contributed by atoms with Crippen LogP contribution < -0.4 is 10.5 Å². The van der Waals surface area contributed by atoms with E-state index >= 15 is 0 Å². The van der Waals surface area contributed by atoms with Crippen LogP contribution in [0.1, 0.15) is 12.0 Å². The Balaban J connectivity index is 1.30. The zero-order valence-electron chi connectivity index (χ0n) is 26.5. The molecule has 48 heavy (non-hydrogen) atoms. The van der Waals surface area contributed by atoms with Crippen LogP contribution in [0.5, 0.6) is 0 Å². The van der Waals surface area contributed by atoms with Crippen LogP contribution in [0.4, 0.5) is 18.9 Å². The molecule has 1 amide bonds. The van der Waals surface area contributed by atoms with Gasteiger partial charge in [0.05, 0.1) is 27.8 Å². The van der Waals surface area contributed by atoms with Gasteiger partial charge in [-0.15, -0.1) is 0 Å². The van der Waals surface area contributed by atoms with Gasteiger partial charge in [-0.2, -0.15) is 13.2 Å². The van der Waals surface area contributed by atoms with Crippen molar-refractivity contribution in [2.24, 2.45) is 0 Å². The van der Waals surface area contributed by atoms with Gasteiger partial charge in [-0.3, -0.25) is 24.1 Å². The van der Waals surface area contributed by atoms with E-state index < -0.39 is 17.3 Å². The Morgan fingerprint density at radius 3 is 2.35 bits per heavy atom. The summed E-state index contributed by atoms with van der Waals surface area (Å²) in [5.74, 6) is -0.00757. The summed E-state index contributed by atoms with van der Waals surface area (Å²) in [4.78, 5) is 40.6. The van der Waals surface area contributed by atoms with Crippen molar-refractivity contribution < 1.29 is 18.0 Å². The van der Waals surface area contributed by atoms with Crippen molar-refractivity contribution in [1.82, 2.24) is 24.3 Å². The number of anilines is 1. The summed E-state index contributed by atoms with van der Waals surface area (Å²) in [7, 11) is 3.78. The predicted octanol–water partition coefficient (Wildman–Crippen LogP) is 6.37. The number of alkyl halides is 3. The van der Waals surface area contributed by atoms with E-state index in [1.807, 2.05) is 67.5 Å². The van der Waals surface area contributed by atoms with Gasteiger partial charge in [0.15, 0.2) is 0 Å². The minimum Gasteiger partial charge on any atom is -0.367 e. The molecular formula is C37H33F3N6O2. The fourth-order valence-corrected chi connectivity index (χ4v) is 6.42. The fraction of sp³-hybridized carbons (Fsp3) is 0.243. The van der Waals surface area contributed by atoms with E-state index in [0.717, 1.165) is 28.1 Å². The second kappa shape index (κ2) is 12.4. The number of para-hydroxylation sites is 1. The molecule has 3 aromatic heterocycles. The molecule has 1 saturated heterocycles. The zero-order chi connectivity index (χ0) is 33.6. The molecule has 8 nitrogen and oxygen atoms in total. The minimum absolute atomic E-state index is 0.00757. The van der Waals surface area contributed by atoms with Crippen LogP contribution in [0.2, 0.25) is 0 Å². The van der Waals surface area contributed by atoms with Crippen molar-refractivity contribution >= 4 is 44.3 Å². The van der Waals surface area contributed by atoms with Gasteiger partial charge < -0.3 is 14.7 Å². The molecule has 3 aromatic carbocycles. The van der Waals surface area contributed by atoms with Crippen LogP contribution in [0.25, 0.3) is 49.5 Å². The smallest absolute Gasteiger partial charge is 0.367 e. The van der Waals surface area contributed by atoms with E-state index in [-0.39, 0.29) is 30.4 Å². The molecule has 1 aliphatic rings. The summed E-state index contributed by atoms with van der Waals surface area (Å²) in [6.07, 6.45) is -0.912. The number of hydrogen-bond acceptors (Lipinski definition) is 6. The van der Waals surface area contributed by atoms with Gasteiger partial charge in [0.1, 0.15) is 0 Å². The lowest BCUT2D eigenvalue weighted by Crippen LogP contribution is -2.49. The van der Waals surface area contributed by atoms with E-state index in [4.69, 9.17) is 0 Å². The molecule has 11 heteroatoms. The molecule has 0 unspecified atom stereocenters. The molecule has 1 fully saturated rings. The minimum atomic E-state index is -4.68. The lowest BCUT2D eigenvalue weighted by molar-refractivity contribution is -0.137. The molecule has 1 aliphatic heterocycles. The van der Waals surface area contributed by atoms with Gasteiger partial charge in [-0.1, -0.05) is 24.3 Å². The topological polar surface area (TPSA) is 74.6 Å². The third-order valence-corrected chi connectivity index (χ3v) is 8.93. The van der Waals surface area contributed by atoms with E-state index in [2.05, 4.69) is 9.97 Å². The number of hydrogen-bond donors (Lipinski definition) is 0. The average Bonchev–Trinajstić information content (AvgIpc) is 3.09. The molecule has 0 saturated carbocycles. The fourth-order valence-electron chi connectivity index (χ4n) is 6.42. The van der Waals surface area contributed by atoms with E-state index in [1.165, 1.54) is 16.7 Å². The van der Waals surface area contributed by atoms with Crippen molar-refractivity contribution in [3.8, 4) is 16.8 Å². The second-order valence-corrected chi connectivity index (χ2v) is 12.3. The summed E-state index contributed by atoms with van der Waals surface area (Å²) in [5.41, 5.74) is 2.46. The number of pyridine rings is 3. The number of rotatable bonds is 6. The van der Waals surface area contributed by atoms with Crippen LogP contribution in [0, 0.1) is 0 Å². The molecule has 0 bridgehead atoms. The molecule has 0 spiro atoms. The highest BCUT2D eigenvalue weighted by Crippen LogP contribution is 2.39. The maximum atomic E-state index is 14.7. The number of carbonyl (C=O) groups is 1. The maximum absolute atomic E-state index is 14.7. The number of amides is 1. The predicted molar refractivity (Wildman–Crippen MR) is 183 cm³/mol. The Labute approximate surface area is 274 Å². The van der Waals surface area contributed by atoms with E-state index in [1.54, 1.807) is 34.3 Å². The number of benzene rings is 3. The summed E-state index contributed by atoms with van der Waals surface area (Å²) in [6.45, 7) is 1.82. The lowest BCUT2D eigenvalue weighted by atomic mass is 10.0. The Morgan fingerprint density at radius 1 is 0.812 bits per heavy atom. The van der Waals surface area contributed by atoms with Crippen molar-refractivity contribution in [2.45, 2.75) is 12.6 Å². The molecule has 7 rings (SSSR count). The van der Waals surface area contributed by atoms with Crippen LogP contribution in [0.15, 0.2) is 96.1 Å². The second-order valence-electron chi connectivity index (χ2n) is 12.3. The normalized spacial score (nSPS) is 14.0. The van der Waals surface area contributed by atoms with Crippen LogP contribution in [-0.4, -0.2) is 77.1 Å². The SMILES string of the molecule is CN(C)CCC(=O)N1CCN(c2ccc(-n3c(=O)ccc4cnc5ccc(-c6cnc7ccccc7c6)cc5c43)cc2C(F)(F)F)CC1. The van der Waals surface area contributed by atoms with Gasteiger partial charge in [-0.05, 0) is 68.2 Å². The molecule has 4 heterocycles. The highest BCUT2D eigenvalue weighted by molar-refractivity contribution is 6.05. The number of carbonyl (C=O) groups excluding carboxylic acids is 1. The number of halogens is 3. The summed E-state index contributed by atoms with van der Waals surface area (Å²) >= 11 is 0. The third-order valence-electron chi connectivity index (χ3n) is 8.93. The molecule has 244 valence electrons. The molecule has 0 radical (unpaired) electrons. The summed E-state index contributed by atoms with van der Waals surface area (Å²) in [5, 5.41) is 2.22. The number of aromatic nitrogens is 3.